The molecule has 7 nitrogen and oxygen atoms in total. The van der Waals surface area contributed by atoms with E-state index in [1.807, 2.05) is 12.1 Å². The van der Waals surface area contributed by atoms with Gasteiger partial charge in [-0.05, 0) is 52.8 Å². The van der Waals surface area contributed by atoms with Crippen LogP contribution in [0.2, 0.25) is 0 Å². The van der Waals surface area contributed by atoms with Crippen molar-refractivity contribution in [3.63, 3.8) is 0 Å². The summed E-state index contributed by atoms with van der Waals surface area (Å²) >= 11 is 3.38. The molecule has 27 heavy (non-hydrogen) atoms. The highest BCUT2D eigenvalue weighted by Gasteiger charge is 2.39. The second-order valence-corrected chi connectivity index (χ2v) is 9.68. The molecule has 1 aliphatic heterocycles. The first-order valence-corrected chi connectivity index (χ1v) is 10.7. The molecule has 2 amide bonds. The Balaban J connectivity index is 1.71. The number of nitrogens with one attached hydrogen (secondary N) is 2. The fourth-order valence-electron chi connectivity index (χ4n) is 3.06. The molecule has 0 unspecified atom stereocenters. The minimum atomic E-state index is -3.47. The molecule has 2 heterocycles. The van der Waals surface area contributed by atoms with E-state index in [9.17, 15) is 13.2 Å². The summed E-state index contributed by atoms with van der Waals surface area (Å²) in [4.78, 5) is 19.1. The first kappa shape index (κ1) is 19.8. The fraction of sp³-hybridized carbons (Fsp3) is 0.333. The van der Waals surface area contributed by atoms with Crippen molar-refractivity contribution in [1.82, 2.24) is 15.0 Å². The van der Waals surface area contributed by atoms with E-state index >= 15 is 0 Å². The molecule has 2 aromatic rings. The van der Waals surface area contributed by atoms with Crippen LogP contribution >= 0.6 is 15.9 Å². The average molecular weight is 453 g/mol. The molecule has 0 atom stereocenters. The van der Waals surface area contributed by atoms with Crippen molar-refractivity contribution in [3.05, 3.63) is 52.3 Å². The number of benzene rings is 1. The van der Waals surface area contributed by atoms with Crippen LogP contribution in [0, 0.1) is 0 Å². The largest absolute Gasteiger partial charge is 0.334 e. The van der Waals surface area contributed by atoms with E-state index in [-0.39, 0.29) is 16.3 Å². The number of nitrogens with zero attached hydrogens (tertiary/aromatic N) is 2. The normalized spacial score (nSPS) is 15.5. The number of carbonyl (C=O) groups excluding carboxylic acids is 1. The smallest absolute Gasteiger partial charge is 0.322 e. The predicted octanol–water partition coefficient (Wildman–Crippen LogP) is 2.76. The van der Waals surface area contributed by atoms with Crippen molar-refractivity contribution in [2.24, 2.45) is 0 Å². The molecular weight excluding hydrogens is 432 g/mol. The molecule has 0 aliphatic carbocycles. The molecule has 144 valence electrons. The van der Waals surface area contributed by atoms with Gasteiger partial charge in [0.1, 0.15) is 4.60 Å². The molecule has 0 spiro atoms. The molecule has 1 aromatic carbocycles. The van der Waals surface area contributed by atoms with Crippen LogP contribution in [0.15, 0.2) is 45.9 Å². The van der Waals surface area contributed by atoms with Crippen molar-refractivity contribution in [2.75, 3.05) is 18.5 Å². The van der Waals surface area contributed by atoms with Gasteiger partial charge >= 0.3 is 6.03 Å². The molecule has 2 N–H and O–H groups in total. The van der Waals surface area contributed by atoms with Crippen molar-refractivity contribution in [3.8, 4) is 0 Å². The Morgan fingerprint density at radius 2 is 1.89 bits per heavy atom. The third-order valence-corrected chi connectivity index (χ3v) is 6.39. The summed E-state index contributed by atoms with van der Waals surface area (Å²) in [5.41, 5.74) is 2.26. The number of hydrogen-bond acceptors (Lipinski definition) is 4. The molecule has 1 aliphatic rings. The number of amides is 2. The topological polar surface area (TPSA) is 91.4 Å². The van der Waals surface area contributed by atoms with Gasteiger partial charge in [0.05, 0.1) is 16.3 Å². The zero-order valence-electron chi connectivity index (χ0n) is 15.3. The highest BCUT2D eigenvalue weighted by atomic mass is 79.9. The van der Waals surface area contributed by atoms with E-state index in [1.54, 1.807) is 17.0 Å². The summed E-state index contributed by atoms with van der Waals surface area (Å²) in [5.74, 6) is 0. The van der Waals surface area contributed by atoms with Crippen LogP contribution in [-0.4, -0.2) is 33.0 Å². The maximum atomic E-state index is 12.7. The molecular formula is C18H21BrN4O3S. The van der Waals surface area contributed by atoms with E-state index in [0.29, 0.717) is 13.1 Å². The van der Waals surface area contributed by atoms with Crippen LogP contribution in [0.3, 0.4) is 0 Å². The molecule has 9 heteroatoms. The highest BCUT2D eigenvalue weighted by Crippen LogP contribution is 2.39. The van der Waals surface area contributed by atoms with Crippen LogP contribution in [0.25, 0.3) is 0 Å². The number of rotatable bonds is 4. The molecule has 0 saturated carbocycles. The number of aromatic nitrogens is 1. The summed E-state index contributed by atoms with van der Waals surface area (Å²) in [6.45, 7) is 4.95. The fourth-order valence-corrected chi connectivity index (χ4v) is 4.10. The Morgan fingerprint density at radius 1 is 1.22 bits per heavy atom. The molecule has 0 bridgehead atoms. The van der Waals surface area contributed by atoms with Gasteiger partial charge in [-0.2, -0.15) is 0 Å². The predicted molar refractivity (Wildman–Crippen MR) is 107 cm³/mol. The van der Waals surface area contributed by atoms with Crippen LogP contribution in [0.4, 0.5) is 10.5 Å². The van der Waals surface area contributed by atoms with Gasteiger partial charge in [-0.3, -0.25) is 4.90 Å². The van der Waals surface area contributed by atoms with Gasteiger partial charge in [-0.1, -0.05) is 26.0 Å². The van der Waals surface area contributed by atoms with Crippen molar-refractivity contribution in [2.45, 2.75) is 30.7 Å². The van der Waals surface area contributed by atoms with E-state index in [1.165, 1.54) is 19.2 Å². The lowest BCUT2D eigenvalue weighted by Crippen LogP contribution is -2.41. The van der Waals surface area contributed by atoms with Gasteiger partial charge in [-0.25, -0.2) is 22.9 Å². The minimum absolute atomic E-state index is 0.187. The number of urea groups is 1. The summed E-state index contributed by atoms with van der Waals surface area (Å²) in [6.07, 6.45) is 0. The van der Waals surface area contributed by atoms with Crippen LogP contribution in [0.1, 0.15) is 25.1 Å². The van der Waals surface area contributed by atoms with Gasteiger partial charge in [0.15, 0.2) is 0 Å². The van der Waals surface area contributed by atoms with Crippen LogP contribution in [-0.2, 0) is 22.0 Å². The van der Waals surface area contributed by atoms with Gasteiger partial charge in [0.25, 0.3) is 0 Å². The molecule has 3 rings (SSSR count). The molecule has 1 aromatic heterocycles. The van der Waals surface area contributed by atoms with E-state index < -0.39 is 10.0 Å². The Labute approximate surface area is 167 Å². The van der Waals surface area contributed by atoms with Gasteiger partial charge in [-0.15, -0.1) is 0 Å². The minimum Gasteiger partial charge on any atom is -0.334 e. The van der Waals surface area contributed by atoms with Crippen molar-refractivity contribution in [1.29, 1.82) is 0 Å². The number of pyridine rings is 1. The monoisotopic (exact) mass is 452 g/mol. The zero-order chi connectivity index (χ0) is 19.8. The second kappa shape index (κ2) is 7.21. The second-order valence-electron chi connectivity index (χ2n) is 6.98. The number of anilines is 1. The SMILES string of the molecule is CNS(=O)(=O)c1ccc(CNC(=O)N2CC(C)(C)c3nc(Br)ccc32)cc1. The summed E-state index contributed by atoms with van der Waals surface area (Å²) in [5, 5.41) is 2.89. The van der Waals surface area contributed by atoms with E-state index in [2.05, 4.69) is 44.8 Å². The lowest BCUT2D eigenvalue weighted by atomic mass is 9.91. The summed E-state index contributed by atoms with van der Waals surface area (Å²) in [6, 6.07) is 9.90. The van der Waals surface area contributed by atoms with E-state index in [0.717, 1.165) is 21.5 Å². The first-order valence-electron chi connectivity index (χ1n) is 8.39. The lowest BCUT2D eigenvalue weighted by molar-refractivity contribution is 0.245. The highest BCUT2D eigenvalue weighted by molar-refractivity contribution is 9.10. The zero-order valence-corrected chi connectivity index (χ0v) is 17.7. The van der Waals surface area contributed by atoms with Crippen molar-refractivity contribution >= 4 is 37.7 Å². The molecule has 0 saturated heterocycles. The summed E-state index contributed by atoms with van der Waals surface area (Å²) < 4.78 is 26.5. The van der Waals surface area contributed by atoms with Gasteiger partial charge in [0, 0.05) is 18.5 Å². The van der Waals surface area contributed by atoms with Crippen molar-refractivity contribution < 1.29 is 13.2 Å². The quantitative estimate of drug-likeness (QED) is 0.697. The Kier molecular flexibility index (Phi) is 5.29. The van der Waals surface area contributed by atoms with Gasteiger partial charge < -0.3 is 5.32 Å². The standard InChI is InChI=1S/C18H21BrN4O3S/c1-18(2)11-23(14-8-9-15(19)22-16(14)18)17(24)21-10-12-4-6-13(7-5-12)27(25,26)20-3/h4-9,20H,10-11H2,1-3H3,(H,21,24). The number of hydrogen-bond donors (Lipinski definition) is 2. The average Bonchev–Trinajstić information content (AvgIpc) is 2.91. The maximum absolute atomic E-state index is 12.7. The first-order chi connectivity index (χ1) is 12.6. The third-order valence-electron chi connectivity index (χ3n) is 4.52. The van der Waals surface area contributed by atoms with Gasteiger partial charge in [0.2, 0.25) is 10.0 Å². The van der Waals surface area contributed by atoms with E-state index in [4.69, 9.17) is 0 Å². The Hall–Kier alpha value is -1.97. The third kappa shape index (κ3) is 3.99. The number of fused-ring (bicyclic) bond motifs is 1. The van der Waals surface area contributed by atoms with Crippen LogP contribution in [0.5, 0.6) is 0 Å². The summed E-state index contributed by atoms with van der Waals surface area (Å²) in [7, 11) is -2.10. The maximum Gasteiger partial charge on any atom is 0.322 e. The Morgan fingerprint density at radius 3 is 2.52 bits per heavy atom. The number of carbonyl (C=O) groups is 1. The number of sulfonamides is 1. The molecule has 0 fully saturated rings. The number of halogens is 1. The lowest BCUT2D eigenvalue weighted by Gasteiger charge is -2.20. The molecule has 0 radical (unpaired) electrons. The Bertz CT molecular complexity index is 975. The van der Waals surface area contributed by atoms with Crippen LogP contribution < -0.4 is 14.9 Å².